The van der Waals surface area contributed by atoms with Crippen LogP contribution in [0.3, 0.4) is 0 Å². The second kappa shape index (κ2) is 11.1. The van der Waals surface area contributed by atoms with Crippen LogP contribution < -0.4 is 0 Å². The summed E-state index contributed by atoms with van der Waals surface area (Å²) in [6.07, 6.45) is 7.05. The Hall–Kier alpha value is -6.48. The highest BCUT2D eigenvalue weighted by atomic mass is 14.4. The summed E-state index contributed by atoms with van der Waals surface area (Å²) >= 11 is 0. The first-order chi connectivity index (χ1) is 24.1. The molecule has 7 aromatic carbocycles. The lowest BCUT2D eigenvalue weighted by Crippen LogP contribution is -2.11. The zero-order valence-electron chi connectivity index (χ0n) is 27.0. The summed E-state index contributed by atoms with van der Waals surface area (Å²) in [6.45, 7) is 1.99. The Morgan fingerprint density at radius 1 is 0.510 bits per heavy atom. The third-order valence-corrected chi connectivity index (χ3v) is 10.3. The Bertz CT molecular complexity index is 2540. The monoisotopic (exact) mass is 622 g/mol. The molecule has 0 heterocycles. The smallest absolute Gasteiger partial charge is 0.0991 e. The van der Waals surface area contributed by atoms with Crippen LogP contribution >= 0.6 is 0 Å². The number of nitriles is 2. The fraction of sp³-hybridized carbons (Fsp3) is 0.0638. The van der Waals surface area contributed by atoms with Crippen molar-refractivity contribution in [1.82, 2.24) is 0 Å². The van der Waals surface area contributed by atoms with Gasteiger partial charge in [-0.3, -0.25) is 0 Å². The van der Waals surface area contributed by atoms with Gasteiger partial charge in [0.15, 0.2) is 0 Å². The van der Waals surface area contributed by atoms with Gasteiger partial charge in [0.1, 0.15) is 0 Å². The van der Waals surface area contributed by atoms with Gasteiger partial charge in [-0.05, 0) is 114 Å². The van der Waals surface area contributed by atoms with Crippen LogP contribution in [0.2, 0.25) is 0 Å². The first kappa shape index (κ1) is 28.7. The molecule has 1 atom stereocenters. The molecule has 2 aliphatic carbocycles. The van der Waals surface area contributed by atoms with Crippen LogP contribution in [0.25, 0.3) is 82.8 Å². The lowest BCUT2D eigenvalue weighted by Gasteiger charge is -2.22. The molecule has 49 heavy (non-hydrogen) atoms. The predicted octanol–water partition coefficient (Wildman–Crippen LogP) is 12.4. The van der Waals surface area contributed by atoms with E-state index in [1.165, 1.54) is 66.1 Å². The van der Waals surface area contributed by atoms with E-state index in [1.807, 2.05) is 19.1 Å². The fourth-order valence-electron chi connectivity index (χ4n) is 7.92. The minimum Gasteiger partial charge on any atom is -0.197 e. The molecule has 0 aliphatic heterocycles. The van der Waals surface area contributed by atoms with Crippen molar-refractivity contribution in [3.05, 3.63) is 163 Å². The van der Waals surface area contributed by atoms with Gasteiger partial charge in [0, 0.05) is 0 Å². The van der Waals surface area contributed by atoms with Crippen molar-refractivity contribution in [3.8, 4) is 67.8 Å². The number of nitrogens with zero attached hydrogens (tertiary/aromatic N) is 2. The molecule has 7 aromatic rings. The standard InChI is InChI=1S/C47H30N2/c1-47(29-49)26-24-32(25-27-47)36-21-23-40-44-39(22-20-35(43(36)44)31-18-16-30(28-48)17-19-31)45-41(33-10-4-2-5-11-33)37-14-8-9-15-38(37)42(46(40)45)34-12-6-3-7-13-34/h2-26H,27H2,1H3. The molecular formula is C47H30N2. The van der Waals surface area contributed by atoms with Crippen molar-refractivity contribution < 1.29 is 0 Å². The Morgan fingerprint density at radius 3 is 1.53 bits per heavy atom. The number of benzene rings is 7. The van der Waals surface area contributed by atoms with Crippen molar-refractivity contribution in [2.45, 2.75) is 13.3 Å². The van der Waals surface area contributed by atoms with E-state index in [1.54, 1.807) is 0 Å². The van der Waals surface area contributed by atoms with Gasteiger partial charge < -0.3 is 0 Å². The van der Waals surface area contributed by atoms with Crippen molar-refractivity contribution in [2.24, 2.45) is 5.41 Å². The average Bonchev–Trinajstić information content (AvgIpc) is 3.49. The van der Waals surface area contributed by atoms with Gasteiger partial charge >= 0.3 is 0 Å². The zero-order valence-corrected chi connectivity index (χ0v) is 27.0. The summed E-state index contributed by atoms with van der Waals surface area (Å²) in [4.78, 5) is 0. The van der Waals surface area contributed by atoms with Gasteiger partial charge in [-0.2, -0.15) is 10.5 Å². The first-order valence-electron chi connectivity index (χ1n) is 16.7. The minimum atomic E-state index is -0.514. The molecule has 0 radical (unpaired) electrons. The SMILES string of the molecule is CC1(C#N)C=CC(c2ccc3c4c(ccc(-c5ccc(C#N)cc5)c24)-c2c-3c(-c3ccccc3)c3ccccc3c2-c2ccccc2)=CC1. The molecule has 2 heteroatoms. The Balaban J connectivity index is 1.45. The van der Waals surface area contributed by atoms with Crippen LogP contribution in [0, 0.1) is 28.1 Å². The lowest BCUT2D eigenvalue weighted by molar-refractivity contribution is 0.575. The summed E-state index contributed by atoms with van der Waals surface area (Å²) in [5, 5.41) is 24.3. The largest absolute Gasteiger partial charge is 0.197 e. The van der Waals surface area contributed by atoms with E-state index < -0.39 is 5.41 Å². The highest BCUT2D eigenvalue weighted by Gasteiger charge is 2.33. The molecule has 0 N–H and O–H groups in total. The van der Waals surface area contributed by atoms with E-state index in [4.69, 9.17) is 0 Å². The van der Waals surface area contributed by atoms with Crippen LogP contribution in [0.1, 0.15) is 24.5 Å². The normalized spacial score (nSPS) is 15.9. The lowest BCUT2D eigenvalue weighted by atomic mass is 9.80. The summed E-state index contributed by atoms with van der Waals surface area (Å²) in [7, 11) is 0. The van der Waals surface area contributed by atoms with Gasteiger partial charge in [-0.1, -0.05) is 140 Å². The van der Waals surface area contributed by atoms with E-state index in [0.29, 0.717) is 12.0 Å². The highest BCUT2D eigenvalue weighted by molar-refractivity contribution is 6.30. The topological polar surface area (TPSA) is 47.6 Å². The molecule has 0 spiro atoms. The Labute approximate surface area is 286 Å². The predicted molar refractivity (Wildman–Crippen MR) is 202 cm³/mol. The third kappa shape index (κ3) is 4.39. The van der Waals surface area contributed by atoms with Crippen LogP contribution in [-0.4, -0.2) is 0 Å². The quantitative estimate of drug-likeness (QED) is 0.196. The third-order valence-electron chi connectivity index (χ3n) is 10.3. The molecule has 2 aliphatic rings. The summed E-state index contributed by atoms with van der Waals surface area (Å²) in [5.41, 5.74) is 14.5. The summed E-state index contributed by atoms with van der Waals surface area (Å²) < 4.78 is 0. The second-order valence-corrected chi connectivity index (χ2v) is 13.3. The molecule has 2 nitrogen and oxygen atoms in total. The Morgan fingerprint density at radius 2 is 1.02 bits per heavy atom. The maximum Gasteiger partial charge on any atom is 0.0991 e. The molecule has 228 valence electrons. The maximum absolute atomic E-state index is 9.86. The van der Waals surface area contributed by atoms with Crippen molar-refractivity contribution in [1.29, 1.82) is 10.5 Å². The van der Waals surface area contributed by atoms with Crippen molar-refractivity contribution in [3.63, 3.8) is 0 Å². The molecule has 0 amide bonds. The van der Waals surface area contributed by atoms with Crippen LogP contribution in [0.15, 0.2) is 152 Å². The van der Waals surface area contributed by atoms with Crippen LogP contribution in [0.5, 0.6) is 0 Å². The molecule has 0 fully saturated rings. The van der Waals surface area contributed by atoms with E-state index in [2.05, 4.69) is 152 Å². The number of allylic oxidation sites excluding steroid dienone is 4. The number of hydrogen-bond acceptors (Lipinski definition) is 2. The summed E-state index contributed by atoms with van der Waals surface area (Å²) in [6, 6.07) is 52.3. The molecule has 0 aromatic heterocycles. The van der Waals surface area contributed by atoms with E-state index >= 15 is 0 Å². The number of fused-ring (bicyclic) bond motifs is 4. The molecular weight excluding hydrogens is 593 g/mol. The number of hydrogen-bond donors (Lipinski definition) is 0. The van der Waals surface area contributed by atoms with Crippen LogP contribution in [-0.2, 0) is 0 Å². The van der Waals surface area contributed by atoms with Gasteiger partial charge in [-0.15, -0.1) is 0 Å². The van der Waals surface area contributed by atoms with Crippen molar-refractivity contribution in [2.75, 3.05) is 0 Å². The van der Waals surface area contributed by atoms with Crippen LogP contribution in [0.4, 0.5) is 0 Å². The number of rotatable bonds is 4. The fourth-order valence-corrected chi connectivity index (χ4v) is 7.92. The van der Waals surface area contributed by atoms with Gasteiger partial charge in [-0.25, -0.2) is 0 Å². The van der Waals surface area contributed by atoms with Gasteiger partial charge in [0.25, 0.3) is 0 Å². The van der Waals surface area contributed by atoms with E-state index in [9.17, 15) is 10.5 Å². The molecule has 0 bridgehead atoms. The maximum atomic E-state index is 9.86. The zero-order chi connectivity index (χ0) is 33.1. The van der Waals surface area contributed by atoms with E-state index in [-0.39, 0.29) is 0 Å². The van der Waals surface area contributed by atoms with Gasteiger partial charge in [0.05, 0.1) is 23.1 Å². The van der Waals surface area contributed by atoms with Gasteiger partial charge in [0.2, 0.25) is 0 Å². The highest BCUT2D eigenvalue weighted by Crippen LogP contribution is 2.59. The molecule has 1 unspecified atom stereocenters. The minimum absolute atomic E-state index is 0.514. The summed E-state index contributed by atoms with van der Waals surface area (Å²) in [5.74, 6) is 0. The molecule has 0 saturated heterocycles. The first-order valence-corrected chi connectivity index (χ1v) is 16.7. The molecule has 0 saturated carbocycles. The second-order valence-electron chi connectivity index (χ2n) is 13.3. The molecule has 9 rings (SSSR count). The Kier molecular flexibility index (Phi) is 6.48. The van der Waals surface area contributed by atoms with E-state index in [0.717, 1.165) is 22.3 Å². The average molecular weight is 623 g/mol. The van der Waals surface area contributed by atoms with Crippen molar-refractivity contribution >= 4 is 27.1 Å².